The molecule has 1 aromatic carbocycles. The SMILES string of the molecule is Cc1sc(C)c(-c2ccc(C(=O)O)cc2)c1C#N. The van der Waals surface area contributed by atoms with Crippen LogP contribution in [-0.4, -0.2) is 11.1 Å². The zero-order valence-corrected chi connectivity index (χ0v) is 10.8. The first kappa shape index (κ1) is 12.3. The maximum absolute atomic E-state index is 10.8. The molecule has 0 aliphatic rings. The molecule has 0 amide bonds. The summed E-state index contributed by atoms with van der Waals surface area (Å²) in [5, 5.41) is 18.0. The number of hydrogen-bond donors (Lipinski definition) is 1. The smallest absolute Gasteiger partial charge is 0.335 e. The molecule has 90 valence electrons. The lowest BCUT2D eigenvalue weighted by Crippen LogP contribution is -1.95. The number of carbonyl (C=O) groups is 1. The van der Waals surface area contributed by atoms with Gasteiger partial charge in [0, 0.05) is 15.3 Å². The number of nitriles is 1. The Labute approximate surface area is 109 Å². The third-order valence-corrected chi connectivity index (χ3v) is 3.81. The van der Waals surface area contributed by atoms with E-state index in [0.717, 1.165) is 20.9 Å². The largest absolute Gasteiger partial charge is 0.478 e. The van der Waals surface area contributed by atoms with Gasteiger partial charge in [0.2, 0.25) is 0 Å². The number of aromatic carboxylic acids is 1. The van der Waals surface area contributed by atoms with Crippen LogP contribution in [0.1, 0.15) is 25.7 Å². The first-order chi connectivity index (χ1) is 8.54. The van der Waals surface area contributed by atoms with Crippen molar-refractivity contribution in [1.29, 1.82) is 5.26 Å². The Morgan fingerprint density at radius 3 is 2.33 bits per heavy atom. The number of hydrogen-bond acceptors (Lipinski definition) is 3. The van der Waals surface area contributed by atoms with Crippen molar-refractivity contribution in [3.05, 3.63) is 45.1 Å². The normalized spacial score (nSPS) is 10.1. The summed E-state index contributed by atoms with van der Waals surface area (Å²) in [6.07, 6.45) is 0. The molecule has 0 aliphatic heterocycles. The van der Waals surface area contributed by atoms with Gasteiger partial charge in [0.15, 0.2) is 0 Å². The second kappa shape index (κ2) is 4.63. The number of rotatable bonds is 2. The minimum atomic E-state index is -0.944. The molecule has 0 radical (unpaired) electrons. The highest BCUT2D eigenvalue weighted by molar-refractivity contribution is 7.12. The summed E-state index contributed by atoms with van der Waals surface area (Å²) in [4.78, 5) is 12.9. The maximum atomic E-state index is 10.8. The fraction of sp³-hybridized carbons (Fsp3) is 0.143. The lowest BCUT2D eigenvalue weighted by molar-refractivity contribution is 0.0697. The molecule has 0 saturated carbocycles. The zero-order chi connectivity index (χ0) is 13.3. The van der Waals surface area contributed by atoms with Gasteiger partial charge in [0.1, 0.15) is 6.07 Å². The summed E-state index contributed by atoms with van der Waals surface area (Å²) in [6.45, 7) is 3.89. The first-order valence-corrected chi connectivity index (χ1v) is 6.20. The molecular weight excluding hydrogens is 246 g/mol. The third-order valence-electron chi connectivity index (χ3n) is 2.79. The Morgan fingerprint density at radius 1 is 1.22 bits per heavy atom. The molecule has 0 bridgehead atoms. The molecular formula is C14H11NO2S. The molecule has 2 aromatic rings. The van der Waals surface area contributed by atoms with Crippen molar-refractivity contribution in [1.82, 2.24) is 0 Å². The Kier molecular flexibility index (Phi) is 3.17. The molecule has 0 fully saturated rings. The van der Waals surface area contributed by atoms with Gasteiger partial charge in [-0.15, -0.1) is 11.3 Å². The number of carboxylic acids is 1. The van der Waals surface area contributed by atoms with Crippen LogP contribution in [0.2, 0.25) is 0 Å². The number of nitrogens with zero attached hydrogens (tertiary/aromatic N) is 1. The molecule has 0 saturated heterocycles. The third kappa shape index (κ3) is 2.01. The number of benzene rings is 1. The van der Waals surface area contributed by atoms with Crippen LogP contribution in [0, 0.1) is 25.2 Å². The van der Waals surface area contributed by atoms with E-state index in [2.05, 4.69) is 6.07 Å². The minimum absolute atomic E-state index is 0.252. The van der Waals surface area contributed by atoms with E-state index in [1.54, 1.807) is 35.6 Å². The van der Waals surface area contributed by atoms with Gasteiger partial charge in [0.25, 0.3) is 0 Å². The van der Waals surface area contributed by atoms with Gasteiger partial charge in [-0.1, -0.05) is 12.1 Å². The molecule has 0 unspecified atom stereocenters. The van der Waals surface area contributed by atoms with E-state index in [-0.39, 0.29) is 5.56 Å². The van der Waals surface area contributed by atoms with Crippen LogP contribution in [0.25, 0.3) is 11.1 Å². The van der Waals surface area contributed by atoms with Crippen molar-refractivity contribution in [3.63, 3.8) is 0 Å². The molecule has 3 nitrogen and oxygen atoms in total. The van der Waals surface area contributed by atoms with E-state index >= 15 is 0 Å². The Bertz CT molecular complexity index is 648. The van der Waals surface area contributed by atoms with E-state index < -0.39 is 5.97 Å². The molecule has 1 N–H and O–H groups in total. The highest BCUT2D eigenvalue weighted by atomic mass is 32.1. The summed E-state index contributed by atoms with van der Waals surface area (Å²) >= 11 is 1.59. The molecule has 0 spiro atoms. The number of thiophene rings is 1. The molecule has 0 atom stereocenters. The molecule has 4 heteroatoms. The van der Waals surface area contributed by atoms with Gasteiger partial charge < -0.3 is 5.11 Å². The van der Waals surface area contributed by atoms with E-state index in [1.807, 2.05) is 13.8 Å². The van der Waals surface area contributed by atoms with Crippen molar-refractivity contribution < 1.29 is 9.90 Å². The van der Waals surface area contributed by atoms with Crippen molar-refractivity contribution in [2.75, 3.05) is 0 Å². The lowest BCUT2D eigenvalue weighted by atomic mass is 10.00. The highest BCUT2D eigenvalue weighted by Gasteiger charge is 2.14. The van der Waals surface area contributed by atoms with Gasteiger partial charge in [0.05, 0.1) is 11.1 Å². The molecule has 1 heterocycles. The quantitative estimate of drug-likeness (QED) is 0.894. The van der Waals surface area contributed by atoms with E-state index in [1.165, 1.54) is 0 Å². The average molecular weight is 257 g/mol. The van der Waals surface area contributed by atoms with Crippen LogP contribution < -0.4 is 0 Å². The van der Waals surface area contributed by atoms with E-state index in [0.29, 0.717) is 5.56 Å². The van der Waals surface area contributed by atoms with Gasteiger partial charge in [-0.25, -0.2) is 4.79 Å². The molecule has 0 aliphatic carbocycles. The van der Waals surface area contributed by atoms with Gasteiger partial charge in [-0.2, -0.15) is 5.26 Å². The summed E-state index contributed by atoms with van der Waals surface area (Å²) in [5.74, 6) is -0.944. The van der Waals surface area contributed by atoms with E-state index in [4.69, 9.17) is 5.11 Å². The second-order valence-corrected chi connectivity index (χ2v) is 5.39. The summed E-state index contributed by atoms with van der Waals surface area (Å²) in [7, 11) is 0. The summed E-state index contributed by atoms with van der Waals surface area (Å²) in [5.41, 5.74) is 2.73. The monoisotopic (exact) mass is 257 g/mol. The summed E-state index contributed by atoms with van der Waals surface area (Å²) < 4.78 is 0. The molecule has 18 heavy (non-hydrogen) atoms. The van der Waals surface area contributed by atoms with Crippen molar-refractivity contribution in [2.45, 2.75) is 13.8 Å². The van der Waals surface area contributed by atoms with Crippen LogP contribution in [0.5, 0.6) is 0 Å². The second-order valence-electron chi connectivity index (χ2n) is 3.96. The van der Waals surface area contributed by atoms with Crippen molar-refractivity contribution in [2.24, 2.45) is 0 Å². The van der Waals surface area contributed by atoms with Gasteiger partial charge in [-0.05, 0) is 31.5 Å². The maximum Gasteiger partial charge on any atom is 0.335 e. The van der Waals surface area contributed by atoms with Crippen LogP contribution in [0.15, 0.2) is 24.3 Å². The predicted octanol–water partition coefficient (Wildman–Crippen LogP) is 3.60. The Hall–Kier alpha value is -2.12. The van der Waals surface area contributed by atoms with Crippen molar-refractivity contribution >= 4 is 17.3 Å². The Morgan fingerprint density at radius 2 is 1.83 bits per heavy atom. The molecule has 1 aromatic heterocycles. The van der Waals surface area contributed by atoms with E-state index in [9.17, 15) is 10.1 Å². The van der Waals surface area contributed by atoms with Crippen LogP contribution in [0.3, 0.4) is 0 Å². The van der Waals surface area contributed by atoms with Crippen molar-refractivity contribution in [3.8, 4) is 17.2 Å². The molecule has 2 rings (SSSR count). The van der Waals surface area contributed by atoms with Gasteiger partial charge in [-0.3, -0.25) is 0 Å². The average Bonchev–Trinajstić information content (AvgIpc) is 2.63. The number of carboxylic acid groups (broad SMARTS) is 1. The van der Waals surface area contributed by atoms with Gasteiger partial charge >= 0.3 is 5.97 Å². The lowest BCUT2D eigenvalue weighted by Gasteiger charge is -2.02. The number of aryl methyl sites for hydroxylation is 2. The van der Waals surface area contributed by atoms with Crippen LogP contribution in [0.4, 0.5) is 0 Å². The fourth-order valence-corrected chi connectivity index (χ4v) is 2.98. The minimum Gasteiger partial charge on any atom is -0.478 e. The first-order valence-electron chi connectivity index (χ1n) is 5.38. The Balaban J connectivity index is 2.56. The topological polar surface area (TPSA) is 61.1 Å². The van der Waals surface area contributed by atoms with Crippen LogP contribution in [-0.2, 0) is 0 Å². The van der Waals surface area contributed by atoms with Crippen LogP contribution >= 0.6 is 11.3 Å². The standard InChI is InChI=1S/C14H11NO2S/c1-8-12(7-15)13(9(2)18-8)10-3-5-11(6-4-10)14(16)17/h3-6H,1-2H3,(H,16,17). The highest BCUT2D eigenvalue weighted by Crippen LogP contribution is 2.35. The fourth-order valence-electron chi connectivity index (χ4n) is 1.95. The zero-order valence-electron chi connectivity index (χ0n) is 10.0. The summed E-state index contributed by atoms with van der Waals surface area (Å²) in [6, 6.07) is 8.83. The predicted molar refractivity (Wildman–Crippen MR) is 70.9 cm³/mol.